The Bertz CT molecular complexity index is 595. The lowest BCUT2D eigenvalue weighted by Crippen LogP contribution is -2.26. The van der Waals surface area contributed by atoms with Crippen LogP contribution in [0.1, 0.15) is 18.7 Å². The monoisotopic (exact) mass is 341 g/mol. The predicted molar refractivity (Wildman–Crippen MR) is 74.8 cm³/mol. The fraction of sp³-hybridized carbons (Fsp3) is 0.417. The Kier molecular flexibility index (Phi) is 3.65. The third-order valence-corrected chi connectivity index (χ3v) is 4.71. The standard InChI is InChI=1S/C12H12BrN3O2S/c13-8-6-9(19-7-8)12-14-10(18-15-12)3-5-16-4-1-2-11(16)17/h6-7H,1-5H2. The molecule has 1 amide bonds. The Morgan fingerprint density at radius 2 is 2.42 bits per heavy atom. The van der Waals surface area contributed by atoms with Gasteiger partial charge in [-0.1, -0.05) is 5.16 Å². The minimum Gasteiger partial charge on any atom is -0.342 e. The van der Waals surface area contributed by atoms with Crippen molar-refractivity contribution in [3.05, 3.63) is 21.8 Å². The third-order valence-electron chi connectivity index (χ3n) is 3.02. The molecule has 0 bridgehead atoms. The molecule has 1 aliphatic heterocycles. The molecule has 2 aromatic heterocycles. The van der Waals surface area contributed by atoms with Crippen LogP contribution in [0.5, 0.6) is 0 Å². The van der Waals surface area contributed by atoms with Crippen molar-refractivity contribution in [1.82, 2.24) is 15.0 Å². The smallest absolute Gasteiger partial charge is 0.228 e. The molecule has 0 aliphatic carbocycles. The maximum Gasteiger partial charge on any atom is 0.228 e. The molecule has 3 rings (SSSR count). The predicted octanol–water partition coefficient (Wildman–Crippen LogP) is 2.73. The van der Waals surface area contributed by atoms with E-state index in [1.165, 1.54) is 0 Å². The van der Waals surface area contributed by atoms with Crippen molar-refractivity contribution in [2.75, 3.05) is 13.1 Å². The summed E-state index contributed by atoms with van der Waals surface area (Å²) >= 11 is 4.96. The second-order valence-corrected chi connectivity index (χ2v) is 6.20. The molecule has 19 heavy (non-hydrogen) atoms. The minimum atomic E-state index is 0.224. The number of carbonyl (C=O) groups excluding carboxylic acids is 1. The first-order chi connectivity index (χ1) is 9.22. The summed E-state index contributed by atoms with van der Waals surface area (Å²) in [5.74, 6) is 1.42. The van der Waals surface area contributed by atoms with Crippen molar-refractivity contribution in [3.8, 4) is 10.7 Å². The van der Waals surface area contributed by atoms with Crippen LogP contribution in [0.25, 0.3) is 10.7 Å². The van der Waals surface area contributed by atoms with E-state index in [1.807, 2.05) is 16.3 Å². The number of carbonyl (C=O) groups is 1. The Morgan fingerprint density at radius 3 is 3.11 bits per heavy atom. The van der Waals surface area contributed by atoms with Crippen molar-refractivity contribution in [2.45, 2.75) is 19.3 Å². The summed E-state index contributed by atoms with van der Waals surface area (Å²) in [5, 5.41) is 5.94. The molecule has 1 saturated heterocycles. The van der Waals surface area contributed by atoms with Crippen molar-refractivity contribution in [2.24, 2.45) is 0 Å². The molecular weight excluding hydrogens is 330 g/mol. The number of halogens is 1. The first kappa shape index (κ1) is 12.8. The average molecular weight is 342 g/mol. The van der Waals surface area contributed by atoms with E-state index in [1.54, 1.807) is 11.3 Å². The first-order valence-electron chi connectivity index (χ1n) is 6.07. The molecule has 100 valence electrons. The Hall–Kier alpha value is -1.21. The molecule has 7 heteroatoms. The van der Waals surface area contributed by atoms with Crippen LogP contribution in [-0.2, 0) is 11.2 Å². The number of thiophene rings is 1. The van der Waals surface area contributed by atoms with Crippen LogP contribution in [0, 0.1) is 0 Å². The van der Waals surface area contributed by atoms with Gasteiger partial charge in [-0.25, -0.2) is 0 Å². The second kappa shape index (κ2) is 5.42. The molecular formula is C12H12BrN3O2S. The van der Waals surface area contributed by atoms with Gasteiger partial charge in [-0.15, -0.1) is 11.3 Å². The van der Waals surface area contributed by atoms with Gasteiger partial charge in [0.25, 0.3) is 0 Å². The highest BCUT2D eigenvalue weighted by molar-refractivity contribution is 9.10. The quantitative estimate of drug-likeness (QED) is 0.857. The molecule has 0 spiro atoms. The number of amides is 1. The largest absolute Gasteiger partial charge is 0.342 e. The number of nitrogens with zero attached hydrogens (tertiary/aromatic N) is 3. The summed E-state index contributed by atoms with van der Waals surface area (Å²) < 4.78 is 6.23. The van der Waals surface area contributed by atoms with E-state index in [2.05, 4.69) is 26.1 Å². The zero-order valence-corrected chi connectivity index (χ0v) is 12.5. The van der Waals surface area contributed by atoms with E-state index in [0.29, 0.717) is 31.1 Å². The third kappa shape index (κ3) is 2.87. The summed E-state index contributed by atoms with van der Waals surface area (Å²) in [7, 11) is 0. The molecule has 1 aliphatic rings. The number of rotatable bonds is 4. The average Bonchev–Trinajstić information content (AvgIpc) is 3.08. The molecule has 3 heterocycles. The van der Waals surface area contributed by atoms with Crippen LogP contribution in [0.4, 0.5) is 0 Å². The van der Waals surface area contributed by atoms with Gasteiger partial charge in [-0.05, 0) is 28.4 Å². The lowest BCUT2D eigenvalue weighted by atomic mass is 10.4. The van der Waals surface area contributed by atoms with Gasteiger partial charge in [-0.2, -0.15) is 4.98 Å². The fourth-order valence-corrected chi connectivity index (χ4v) is 3.41. The number of hydrogen-bond donors (Lipinski definition) is 0. The molecule has 1 fully saturated rings. The van der Waals surface area contributed by atoms with Gasteiger partial charge in [0, 0.05) is 35.8 Å². The Balaban J connectivity index is 1.63. The zero-order chi connectivity index (χ0) is 13.2. The zero-order valence-electron chi connectivity index (χ0n) is 10.1. The van der Waals surface area contributed by atoms with Crippen LogP contribution < -0.4 is 0 Å². The SMILES string of the molecule is O=C1CCCN1CCc1nc(-c2cc(Br)cs2)no1. The second-order valence-electron chi connectivity index (χ2n) is 4.38. The van der Waals surface area contributed by atoms with Gasteiger partial charge in [0.1, 0.15) is 0 Å². The van der Waals surface area contributed by atoms with Crippen molar-refractivity contribution in [1.29, 1.82) is 0 Å². The normalized spacial score (nSPS) is 15.4. The van der Waals surface area contributed by atoms with E-state index in [-0.39, 0.29) is 5.91 Å². The highest BCUT2D eigenvalue weighted by Gasteiger charge is 2.20. The molecule has 5 nitrogen and oxygen atoms in total. The Labute approximate surface area is 122 Å². The van der Waals surface area contributed by atoms with E-state index in [4.69, 9.17) is 4.52 Å². The first-order valence-corrected chi connectivity index (χ1v) is 7.74. The molecule has 2 aromatic rings. The van der Waals surface area contributed by atoms with Gasteiger partial charge >= 0.3 is 0 Å². The summed E-state index contributed by atoms with van der Waals surface area (Å²) in [6, 6.07) is 1.96. The van der Waals surface area contributed by atoms with Crippen LogP contribution in [-0.4, -0.2) is 34.0 Å². The summed E-state index contributed by atoms with van der Waals surface area (Å²) in [4.78, 5) is 18.7. The van der Waals surface area contributed by atoms with Crippen LogP contribution >= 0.6 is 27.3 Å². The highest BCUT2D eigenvalue weighted by Crippen LogP contribution is 2.27. The molecule has 0 N–H and O–H groups in total. The van der Waals surface area contributed by atoms with Gasteiger partial charge in [0.05, 0.1) is 4.88 Å². The van der Waals surface area contributed by atoms with E-state index >= 15 is 0 Å². The molecule has 0 unspecified atom stereocenters. The summed E-state index contributed by atoms with van der Waals surface area (Å²) in [6.45, 7) is 1.51. The van der Waals surface area contributed by atoms with Crippen molar-refractivity contribution >= 4 is 33.2 Å². The fourth-order valence-electron chi connectivity index (χ4n) is 2.06. The highest BCUT2D eigenvalue weighted by atomic mass is 79.9. The van der Waals surface area contributed by atoms with Gasteiger partial charge in [0.2, 0.25) is 17.6 Å². The van der Waals surface area contributed by atoms with Crippen LogP contribution in [0.15, 0.2) is 20.4 Å². The Morgan fingerprint density at radius 1 is 1.53 bits per heavy atom. The maximum absolute atomic E-state index is 11.5. The lowest BCUT2D eigenvalue weighted by Gasteiger charge is -2.13. The number of aromatic nitrogens is 2. The van der Waals surface area contributed by atoms with E-state index in [9.17, 15) is 4.79 Å². The lowest BCUT2D eigenvalue weighted by molar-refractivity contribution is -0.127. The van der Waals surface area contributed by atoms with Crippen molar-refractivity contribution < 1.29 is 9.32 Å². The molecule has 0 aromatic carbocycles. The van der Waals surface area contributed by atoms with E-state index in [0.717, 1.165) is 22.3 Å². The van der Waals surface area contributed by atoms with Crippen LogP contribution in [0.3, 0.4) is 0 Å². The van der Waals surface area contributed by atoms with Crippen molar-refractivity contribution in [3.63, 3.8) is 0 Å². The van der Waals surface area contributed by atoms with E-state index < -0.39 is 0 Å². The van der Waals surface area contributed by atoms with Gasteiger partial charge < -0.3 is 9.42 Å². The number of likely N-dealkylation sites (tertiary alicyclic amines) is 1. The molecule has 0 saturated carbocycles. The maximum atomic E-state index is 11.5. The van der Waals surface area contributed by atoms with Crippen LogP contribution in [0.2, 0.25) is 0 Å². The van der Waals surface area contributed by atoms with Gasteiger partial charge in [0.15, 0.2) is 0 Å². The summed E-state index contributed by atoms with van der Waals surface area (Å²) in [5.41, 5.74) is 0. The molecule has 0 radical (unpaired) electrons. The summed E-state index contributed by atoms with van der Waals surface area (Å²) in [6.07, 6.45) is 2.24. The molecule has 0 atom stereocenters. The van der Waals surface area contributed by atoms with Gasteiger partial charge in [-0.3, -0.25) is 4.79 Å². The number of hydrogen-bond acceptors (Lipinski definition) is 5. The minimum absolute atomic E-state index is 0.224. The topological polar surface area (TPSA) is 59.2 Å².